The van der Waals surface area contributed by atoms with E-state index in [9.17, 15) is 8.42 Å². The first-order chi connectivity index (χ1) is 10.3. The Labute approximate surface area is 154 Å². The first kappa shape index (κ1) is 20.1. The van der Waals surface area contributed by atoms with Gasteiger partial charge in [-0.25, -0.2) is 18.5 Å². The number of nitrogens with two attached hydrogens (primary N) is 2. The third-order valence-electron chi connectivity index (χ3n) is 3.53. The van der Waals surface area contributed by atoms with Crippen LogP contribution in [0, 0.1) is 6.92 Å². The van der Waals surface area contributed by atoms with Crippen LogP contribution in [0.1, 0.15) is 18.1 Å². The van der Waals surface area contributed by atoms with Gasteiger partial charge in [0.2, 0.25) is 10.0 Å². The molecule has 1 fully saturated rings. The number of hydrogen-bond donors (Lipinski definition) is 2. The average Bonchev–Trinajstić information content (AvgIpc) is 2.43. The van der Waals surface area contributed by atoms with Gasteiger partial charge in [-0.05, 0) is 31.0 Å². The molecule has 0 amide bonds. The summed E-state index contributed by atoms with van der Waals surface area (Å²) >= 11 is 0. The number of halogens is 1. The molecule has 1 aliphatic heterocycles. The number of morpholine rings is 1. The fourth-order valence-electron chi connectivity index (χ4n) is 2.43. The summed E-state index contributed by atoms with van der Waals surface area (Å²) in [4.78, 5) is 6.49. The number of ether oxygens (including phenoxy) is 1. The van der Waals surface area contributed by atoms with Crippen molar-refractivity contribution in [3.8, 4) is 0 Å². The standard InChI is InChI=1S/C14H22N4O3S.HI/c1-10-7-12(3-4-13(10)22(16,19)20)8-17-14(15)18-5-6-21-11(2)9-18;/h3-4,7,11H,5-6,8-9H2,1-2H3,(H2,15,17)(H2,16,19,20);1H. The van der Waals surface area contributed by atoms with Crippen LogP contribution in [0.5, 0.6) is 0 Å². The molecule has 1 saturated heterocycles. The van der Waals surface area contributed by atoms with Crippen LogP contribution in [0.25, 0.3) is 0 Å². The number of benzene rings is 1. The zero-order chi connectivity index (χ0) is 16.3. The normalized spacial score (nSPS) is 19.3. The van der Waals surface area contributed by atoms with Crippen LogP contribution in [-0.4, -0.2) is 45.1 Å². The number of hydrogen-bond acceptors (Lipinski definition) is 4. The lowest BCUT2D eigenvalue weighted by molar-refractivity contribution is 0.00529. The van der Waals surface area contributed by atoms with Crippen LogP contribution in [0.4, 0.5) is 0 Å². The molecule has 23 heavy (non-hydrogen) atoms. The Morgan fingerprint density at radius 2 is 2.17 bits per heavy atom. The van der Waals surface area contributed by atoms with E-state index < -0.39 is 10.0 Å². The van der Waals surface area contributed by atoms with Crippen LogP contribution in [0.15, 0.2) is 28.1 Å². The van der Waals surface area contributed by atoms with E-state index in [2.05, 4.69) is 4.99 Å². The lowest BCUT2D eigenvalue weighted by Crippen LogP contribution is -2.47. The quantitative estimate of drug-likeness (QED) is 0.399. The summed E-state index contributed by atoms with van der Waals surface area (Å²) in [6.07, 6.45) is 0.138. The van der Waals surface area contributed by atoms with Gasteiger partial charge in [-0.2, -0.15) is 0 Å². The third-order valence-corrected chi connectivity index (χ3v) is 4.61. The van der Waals surface area contributed by atoms with Gasteiger partial charge in [0.25, 0.3) is 0 Å². The van der Waals surface area contributed by atoms with E-state index in [0.717, 1.165) is 18.7 Å². The molecule has 1 aromatic carbocycles. The molecule has 1 aromatic rings. The van der Waals surface area contributed by atoms with Crippen LogP contribution < -0.4 is 10.9 Å². The summed E-state index contributed by atoms with van der Waals surface area (Å²) in [5.41, 5.74) is 7.49. The van der Waals surface area contributed by atoms with Crippen molar-refractivity contribution < 1.29 is 13.2 Å². The van der Waals surface area contributed by atoms with Gasteiger partial charge in [0.05, 0.1) is 24.2 Å². The van der Waals surface area contributed by atoms with Crippen molar-refractivity contribution in [3.05, 3.63) is 29.3 Å². The van der Waals surface area contributed by atoms with Crippen molar-refractivity contribution in [1.82, 2.24) is 4.90 Å². The largest absolute Gasteiger partial charge is 0.375 e. The molecular formula is C14H23IN4O3S. The number of rotatable bonds is 3. The maximum Gasteiger partial charge on any atom is 0.238 e. The van der Waals surface area contributed by atoms with Gasteiger partial charge in [0.1, 0.15) is 0 Å². The summed E-state index contributed by atoms with van der Waals surface area (Å²) in [5, 5.41) is 5.15. The van der Waals surface area contributed by atoms with Crippen molar-refractivity contribution in [2.45, 2.75) is 31.4 Å². The van der Waals surface area contributed by atoms with Gasteiger partial charge in [-0.1, -0.05) is 12.1 Å². The molecule has 0 aliphatic carbocycles. The SMILES string of the molecule is Cc1cc(CN=C(N)N2CCOC(C)C2)ccc1S(N)(=O)=O.I. The highest BCUT2D eigenvalue weighted by Crippen LogP contribution is 2.16. The molecule has 9 heteroatoms. The lowest BCUT2D eigenvalue weighted by atomic mass is 10.1. The summed E-state index contributed by atoms with van der Waals surface area (Å²) in [6, 6.07) is 4.96. The van der Waals surface area contributed by atoms with Gasteiger partial charge < -0.3 is 15.4 Å². The molecule has 0 radical (unpaired) electrons. The number of nitrogens with zero attached hydrogens (tertiary/aromatic N) is 2. The molecule has 1 unspecified atom stereocenters. The predicted molar refractivity (Wildman–Crippen MR) is 100 cm³/mol. The van der Waals surface area contributed by atoms with Crippen molar-refractivity contribution in [1.29, 1.82) is 0 Å². The predicted octanol–water partition coefficient (Wildman–Crippen LogP) is 0.796. The number of sulfonamides is 1. The van der Waals surface area contributed by atoms with Crippen LogP contribution >= 0.6 is 24.0 Å². The Morgan fingerprint density at radius 1 is 1.48 bits per heavy atom. The highest BCUT2D eigenvalue weighted by Gasteiger charge is 2.18. The summed E-state index contributed by atoms with van der Waals surface area (Å²) < 4.78 is 28.2. The van der Waals surface area contributed by atoms with E-state index in [1.54, 1.807) is 19.1 Å². The van der Waals surface area contributed by atoms with Crippen LogP contribution in [0.3, 0.4) is 0 Å². The van der Waals surface area contributed by atoms with Crippen molar-refractivity contribution >= 4 is 40.0 Å². The minimum absolute atomic E-state index is 0. The summed E-state index contributed by atoms with van der Waals surface area (Å²) in [5.74, 6) is 0.475. The van der Waals surface area contributed by atoms with E-state index in [4.69, 9.17) is 15.6 Å². The number of aliphatic imine (C=N–C) groups is 1. The van der Waals surface area contributed by atoms with E-state index in [1.165, 1.54) is 6.07 Å². The molecule has 4 N–H and O–H groups in total. The van der Waals surface area contributed by atoms with Gasteiger partial charge in [-0.3, -0.25) is 0 Å². The molecule has 0 saturated carbocycles. The Hall–Kier alpha value is -0.910. The molecule has 2 rings (SSSR count). The fourth-order valence-corrected chi connectivity index (χ4v) is 3.19. The smallest absolute Gasteiger partial charge is 0.238 e. The lowest BCUT2D eigenvalue weighted by Gasteiger charge is -2.31. The molecule has 1 heterocycles. The second-order valence-corrected chi connectivity index (χ2v) is 6.98. The Kier molecular flexibility index (Phi) is 7.24. The second kappa shape index (κ2) is 8.27. The number of primary sulfonamides is 1. The van der Waals surface area contributed by atoms with Crippen molar-refractivity contribution in [3.63, 3.8) is 0 Å². The number of guanidine groups is 1. The van der Waals surface area contributed by atoms with Crippen LogP contribution in [0.2, 0.25) is 0 Å². The molecule has 130 valence electrons. The Balaban J connectivity index is 0.00000264. The Morgan fingerprint density at radius 3 is 2.74 bits per heavy atom. The number of aryl methyl sites for hydroxylation is 1. The van der Waals surface area contributed by atoms with Crippen molar-refractivity contribution in [2.24, 2.45) is 15.9 Å². The van der Waals surface area contributed by atoms with E-state index in [-0.39, 0.29) is 35.0 Å². The van der Waals surface area contributed by atoms with Gasteiger partial charge in [0, 0.05) is 13.1 Å². The van der Waals surface area contributed by atoms with Crippen molar-refractivity contribution in [2.75, 3.05) is 19.7 Å². The average molecular weight is 454 g/mol. The zero-order valence-corrected chi connectivity index (χ0v) is 16.4. The zero-order valence-electron chi connectivity index (χ0n) is 13.2. The van der Waals surface area contributed by atoms with Crippen LogP contribution in [-0.2, 0) is 21.3 Å². The van der Waals surface area contributed by atoms with Gasteiger partial charge >= 0.3 is 0 Å². The molecule has 7 nitrogen and oxygen atoms in total. The third kappa shape index (κ3) is 5.59. The second-order valence-electron chi connectivity index (χ2n) is 5.45. The van der Waals surface area contributed by atoms with E-state index in [1.807, 2.05) is 11.8 Å². The van der Waals surface area contributed by atoms with Gasteiger partial charge in [0.15, 0.2) is 5.96 Å². The highest BCUT2D eigenvalue weighted by molar-refractivity contribution is 14.0. The minimum atomic E-state index is -3.69. The highest BCUT2D eigenvalue weighted by atomic mass is 127. The minimum Gasteiger partial charge on any atom is -0.375 e. The van der Waals surface area contributed by atoms with E-state index >= 15 is 0 Å². The summed E-state index contributed by atoms with van der Waals surface area (Å²) in [6.45, 7) is 6.18. The Bertz CT molecular complexity index is 679. The molecule has 0 spiro atoms. The molecule has 1 atom stereocenters. The molecule has 0 aromatic heterocycles. The topological polar surface area (TPSA) is 111 Å². The fraction of sp³-hybridized carbons (Fsp3) is 0.500. The molecule has 0 bridgehead atoms. The summed E-state index contributed by atoms with van der Waals surface area (Å²) in [7, 11) is -3.69. The first-order valence-corrected chi connectivity index (χ1v) is 8.61. The van der Waals surface area contributed by atoms with E-state index in [0.29, 0.717) is 24.7 Å². The monoisotopic (exact) mass is 454 g/mol. The first-order valence-electron chi connectivity index (χ1n) is 7.06. The molecule has 1 aliphatic rings. The molecular weight excluding hydrogens is 431 g/mol. The maximum atomic E-state index is 11.4. The maximum absolute atomic E-state index is 11.4. The van der Waals surface area contributed by atoms with Gasteiger partial charge in [-0.15, -0.1) is 24.0 Å².